The minimum Gasteiger partial charge on any atom is -0.396 e. The number of aromatic amines is 1. The Morgan fingerprint density at radius 2 is 2.14 bits per heavy atom. The molecule has 2 N–H and O–H groups in total. The molecule has 0 spiro atoms. The van der Waals surface area contributed by atoms with E-state index in [2.05, 4.69) is 20.9 Å². The van der Waals surface area contributed by atoms with E-state index in [9.17, 15) is 9.59 Å². The van der Waals surface area contributed by atoms with Crippen molar-refractivity contribution in [2.45, 2.75) is 19.4 Å². The van der Waals surface area contributed by atoms with Gasteiger partial charge in [0.05, 0.1) is 4.47 Å². The smallest absolute Gasteiger partial charge is 0.328 e. The third-order valence-electron chi connectivity index (χ3n) is 1.81. The average molecular weight is 263 g/mol. The fourth-order valence-electron chi connectivity index (χ4n) is 1.07. The second-order valence-electron chi connectivity index (χ2n) is 2.83. The number of hydrogen-bond donors (Lipinski definition) is 2. The molecule has 0 aliphatic rings. The number of hydrogen-bond acceptors (Lipinski definition) is 3. The maximum absolute atomic E-state index is 11.4. The van der Waals surface area contributed by atoms with Gasteiger partial charge in [0.1, 0.15) is 0 Å². The normalized spacial score (nSPS) is 10.4. The zero-order valence-corrected chi connectivity index (χ0v) is 9.08. The van der Waals surface area contributed by atoms with Gasteiger partial charge in [-0.25, -0.2) is 4.79 Å². The monoisotopic (exact) mass is 262 g/mol. The molecular formula is C8H11BrN2O3. The number of halogens is 1. The van der Waals surface area contributed by atoms with Gasteiger partial charge in [-0.3, -0.25) is 9.36 Å². The van der Waals surface area contributed by atoms with E-state index in [1.807, 2.05) is 0 Å². The molecule has 0 atom stereocenters. The Morgan fingerprint density at radius 1 is 1.43 bits per heavy atom. The number of aliphatic hydroxyl groups is 1. The number of nitrogens with one attached hydrogen (secondary N) is 1. The van der Waals surface area contributed by atoms with Gasteiger partial charge in [-0.2, -0.15) is 0 Å². The van der Waals surface area contributed by atoms with Gasteiger partial charge in [-0.05, 0) is 28.8 Å². The van der Waals surface area contributed by atoms with Crippen LogP contribution in [-0.2, 0) is 6.54 Å². The lowest BCUT2D eigenvalue weighted by molar-refractivity contribution is 0.280. The Kier molecular flexibility index (Phi) is 4.09. The van der Waals surface area contributed by atoms with Crippen LogP contribution in [-0.4, -0.2) is 21.3 Å². The summed E-state index contributed by atoms with van der Waals surface area (Å²) in [4.78, 5) is 25.1. The van der Waals surface area contributed by atoms with Gasteiger partial charge < -0.3 is 10.1 Å². The highest BCUT2D eigenvalue weighted by Crippen LogP contribution is 1.97. The lowest BCUT2D eigenvalue weighted by Crippen LogP contribution is -2.35. The highest BCUT2D eigenvalue weighted by atomic mass is 79.9. The third kappa shape index (κ3) is 2.55. The number of H-pyrrole nitrogens is 1. The summed E-state index contributed by atoms with van der Waals surface area (Å²) in [7, 11) is 0. The first-order chi connectivity index (χ1) is 6.66. The molecule has 0 saturated carbocycles. The van der Waals surface area contributed by atoms with Crippen LogP contribution in [0.2, 0.25) is 0 Å². The van der Waals surface area contributed by atoms with Crippen LogP contribution in [0.5, 0.6) is 0 Å². The second kappa shape index (κ2) is 5.11. The molecule has 0 bridgehead atoms. The van der Waals surface area contributed by atoms with Crippen LogP contribution in [0.4, 0.5) is 0 Å². The molecule has 5 nitrogen and oxygen atoms in total. The molecule has 0 aliphatic heterocycles. The van der Waals surface area contributed by atoms with Crippen molar-refractivity contribution in [3.05, 3.63) is 31.5 Å². The van der Waals surface area contributed by atoms with Gasteiger partial charge in [0.15, 0.2) is 0 Å². The minimum atomic E-state index is -0.420. The lowest BCUT2D eigenvalue weighted by atomic mass is 10.3. The van der Waals surface area contributed by atoms with E-state index in [1.54, 1.807) is 0 Å². The van der Waals surface area contributed by atoms with Gasteiger partial charge in [-0.15, -0.1) is 0 Å². The van der Waals surface area contributed by atoms with Gasteiger partial charge in [0.25, 0.3) is 5.56 Å². The molecule has 0 aromatic carbocycles. The number of aromatic nitrogens is 2. The summed E-state index contributed by atoms with van der Waals surface area (Å²) >= 11 is 3.04. The maximum atomic E-state index is 11.4. The largest absolute Gasteiger partial charge is 0.396 e. The zero-order chi connectivity index (χ0) is 10.6. The number of unbranched alkanes of at least 4 members (excludes halogenated alkanes) is 1. The van der Waals surface area contributed by atoms with Crippen LogP contribution in [0.15, 0.2) is 20.3 Å². The summed E-state index contributed by atoms with van der Waals surface area (Å²) in [5.74, 6) is 0. The van der Waals surface area contributed by atoms with Crippen molar-refractivity contribution in [1.82, 2.24) is 9.55 Å². The van der Waals surface area contributed by atoms with Crippen molar-refractivity contribution in [3.8, 4) is 0 Å². The summed E-state index contributed by atoms with van der Waals surface area (Å²) in [5.41, 5.74) is -0.761. The van der Waals surface area contributed by atoms with Crippen molar-refractivity contribution in [2.24, 2.45) is 0 Å². The van der Waals surface area contributed by atoms with E-state index in [4.69, 9.17) is 5.11 Å². The Hall–Kier alpha value is -0.880. The standard InChI is InChI=1S/C8H11BrN2O3/c9-6-5-10-8(14)11(7(6)13)3-1-2-4-12/h5,12H,1-4H2,(H,10,14). The summed E-state index contributed by atoms with van der Waals surface area (Å²) in [6, 6.07) is 0. The average Bonchev–Trinajstić information content (AvgIpc) is 2.18. The van der Waals surface area contributed by atoms with Gasteiger partial charge in [0.2, 0.25) is 0 Å². The van der Waals surface area contributed by atoms with Gasteiger partial charge in [0, 0.05) is 19.3 Å². The second-order valence-corrected chi connectivity index (χ2v) is 3.68. The van der Waals surface area contributed by atoms with E-state index in [-0.39, 0.29) is 12.2 Å². The van der Waals surface area contributed by atoms with Crippen molar-refractivity contribution in [2.75, 3.05) is 6.61 Å². The van der Waals surface area contributed by atoms with Crippen LogP contribution < -0.4 is 11.2 Å². The molecule has 0 amide bonds. The fourth-order valence-corrected chi connectivity index (χ4v) is 1.40. The van der Waals surface area contributed by atoms with E-state index in [1.165, 1.54) is 6.20 Å². The van der Waals surface area contributed by atoms with Crippen molar-refractivity contribution < 1.29 is 5.11 Å². The van der Waals surface area contributed by atoms with Crippen LogP contribution in [0, 0.1) is 0 Å². The topological polar surface area (TPSA) is 75.1 Å². The van der Waals surface area contributed by atoms with Crippen LogP contribution >= 0.6 is 15.9 Å². The first-order valence-electron chi connectivity index (χ1n) is 4.25. The first kappa shape index (κ1) is 11.2. The van der Waals surface area contributed by atoms with Crippen LogP contribution in [0.3, 0.4) is 0 Å². The summed E-state index contributed by atoms with van der Waals surface area (Å²) in [6.07, 6.45) is 2.52. The highest BCUT2D eigenvalue weighted by Gasteiger charge is 2.03. The molecule has 0 radical (unpaired) electrons. The molecule has 78 valence electrons. The number of aliphatic hydroxyl groups excluding tert-OH is 1. The third-order valence-corrected chi connectivity index (χ3v) is 2.37. The number of nitrogens with zero attached hydrogens (tertiary/aromatic N) is 1. The Balaban J connectivity index is 2.90. The van der Waals surface area contributed by atoms with E-state index in [0.717, 1.165) is 4.57 Å². The lowest BCUT2D eigenvalue weighted by Gasteiger charge is -2.02. The molecule has 14 heavy (non-hydrogen) atoms. The van der Waals surface area contributed by atoms with E-state index >= 15 is 0 Å². The van der Waals surface area contributed by atoms with Crippen molar-refractivity contribution in [1.29, 1.82) is 0 Å². The summed E-state index contributed by atoms with van der Waals surface area (Å²) in [6.45, 7) is 0.398. The van der Waals surface area contributed by atoms with Gasteiger partial charge >= 0.3 is 5.69 Å². The molecular weight excluding hydrogens is 252 g/mol. The fraction of sp³-hybridized carbons (Fsp3) is 0.500. The molecule has 0 unspecified atom stereocenters. The molecule has 1 heterocycles. The summed E-state index contributed by atoms with van der Waals surface area (Å²) < 4.78 is 1.45. The highest BCUT2D eigenvalue weighted by molar-refractivity contribution is 9.10. The number of rotatable bonds is 4. The SMILES string of the molecule is O=c1[nH]cc(Br)c(=O)n1CCCCO. The van der Waals surface area contributed by atoms with E-state index in [0.29, 0.717) is 23.9 Å². The van der Waals surface area contributed by atoms with Gasteiger partial charge in [-0.1, -0.05) is 0 Å². The van der Waals surface area contributed by atoms with Crippen molar-refractivity contribution in [3.63, 3.8) is 0 Å². The molecule has 1 rings (SSSR count). The molecule has 6 heteroatoms. The van der Waals surface area contributed by atoms with Crippen molar-refractivity contribution >= 4 is 15.9 Å². The Labute approximate surface area is 88.5 Å². The molecule has 1 aromatic rings. The zero-order valence-electron chi connectivity index (χ0n) is 7.49. The first-order valence-corrected chi connectivity index (χ1v) is 5.05. The Morgan fingerprint density at radius 3 is 2.79 bits per heavy atom. The maximum Gasteiger partial charge on any atom is 0.328 e. The molecule has 0 aliphatic carbocycles. The Bertz CT molecular complexity index is 410. The minimum absolute atomic E-state index is 0.0701. The molecule has 1 aromatic heterocycles. The predicted octanol–water partition coefficient (Wildman–Crippen LogP) is 0.0716. The molecule has 0 saturated heterocycles. The quantitative estimate of drug-likeness (QED) is 0.755. The van der Waals surface area contributed by atoms with Crippen LogP contribution in [0.25, 0.3) is 0 Å². The van der Waals surface area contributed by atoms with E-state index < -0.39 is 5.69 Å². The predicted molar refractivity (Wildman–Crippen MR) is 55.3 cm³/mol. The van der Waals surface area contributed by atoms with Crippen LogP contribution in [0.1, 0.15) is 12.8 Å². The molecule has 0 fully saturated rings. The summed E-state index contributed by atoms with van der Waals surface area (Å²) in [5, 5.41) is 8.55.